The first-order chi connectivity index (χ1) is 15.3. The number of carbonyl (C=O) groups is 2. The third-order valence-corrected chi connectivity index (χ3v) is 5.84. The standard InChI is InChI=1S/2C10H20O2.C6H14N2.Pt/c2*1-2-3-4-5-6-7-8-9-10(11)12;7-5-3-1-2-4-6(5)8;/h2*2-9H2,1H3,(H,11,12);5-6H,1-4,7-8H2;/q;;;+2/p-2/t;;5-,6-;/m..1./s1. The normalized spacial score (nSPS) is 17.0. The van der Waals surface area contributed by atoms with Gasteiger partial charge in [0.25, 0.3) is 0 Å². The summed E-state index contributed by atoms with van der Waals surface area (Å²) in [6.07, 6.45) is 21.5. The van der Waals surface area contributed by atoms with Crippen LogP contribution in [0, 0.1) is 0 Å². The van der Waals surface area contributed by atoms with Crippen LogP contribution < -0.4 is 21.7 Å². The molecule has 0 aromatic carbocycles. The molecule has 0 amide bonds. The van der Waals surface area contributed by atoms with Crippen molar-refractivity contribution in [2.75, 3.05) is 0 Å². The SMILES string of the molecule is CCCCCCCCCC(=O)[O-].CCCCCCCCCC(=O)[O-].N[C@@H]1CCCC[C@H]1N.[Pt+2]. The average molecular weight is 652 g/mol. The van der Waals surface area contributed by atoms with Gasteiger partial charge in [-0.2, -0.15) is 0 Å². The van der Waals surface area contributed by atoms with Gasteiger partial charge in [0.1, 0.15) is 0 Å². The molecule has 1 aliphatic carbocycles. The number of unbranched alkanes of at least 4 members (excludes halogenated alkanes) is 12. The van der Waals surface area contributed by atoms with Crippen molar-refractivity contribution in [3.05, 3.63) is 0 Å². The van der Waals surface area contributed by atoms with E-state index >= 15 is 0 Å². The topological polar surface area (TPSA) is 132 Å². The van der Waals surface area contributed by atoms with E-state index < -0.39 is 11.9 Å². The van der Waals surface area contributed by atoms with Gasteiger partial charge in [-0.1, -0.05) is 104 Å². The van der Waals surface area contributed by atoms with E-state index in [-0.39, 0.29) is 46.0 Å². The molecule has 1 rings (SSSR count). The summed E-state index contributed by atoms with van der Waals surface area (Å²) >= 11 is 0. The Kier molecular flexibility index (Phi) is 33.3. The van der Waals surface area contributed by atoms with Crippen molar-refractivity contribution in [2.45, 2.75) is 154 Å². The zero-order chi connectivity index (χ0) is 24.5. The monoisotopic (exact) mass is 651 g/mol. The molecule has 6 nitrogen and oxygen atoms in total. The van der Waals surface area contributed by atoms with Crippen LogP contribution in [0.25, 0.3) is 0 Å². The van der Waals surface area contributed by atoms with Gasteiger partial charge in [-0.3, -0.25) is 0 Å². The summed E-state index contributed by atoms with van der Waals surface area (Å²) in [5.74, 6) is -1.83. The maximum atomic E-state index is 10.0. The Hall–Kier alpha value is -0.452. The number of carboxylic acid groups (broad SMARTS) is 2. The number of aliphatic carboxylic acids is 2. The van der Waals surface area contributed by atoms with E-state index in [1.54, 1.807) is 0 Å². The minimum atomic E-state index is -0.913. The molecule has 200 valence electrons. The molecule has 1 aliphatic rings. The van der Waals surface area contributed by atoms with Gasteiger partial charge < -0.3 is 31.3 Å². The van der Waals surface area contributed by atoms with Gasteiger partial charge in [-0.05, 0) is 38.5 Å². The molecule has 0 spiro atoms. The summed E-state index contributed by atoms with van der Waals surface area (Å²) in [7, 11) is 0. The Labute approximate surface area is 218 Å². The van der Waals surface area contributed by atoms with E-state index in [0.29, 0.717) is 0 Å². The first-order valence-electron chi connectivity index (χ1n) is 13.3. The molecule has 7 heteroatoms. The van der Waals surface area contributed by atoms with Crippen molar-refractivity contribution < 1.29 is 40.9 Å². The third-order valence-electron chi connectivity index (χ3n) is 5.84. The second-order valence-electron chi connectivity index (χ2n) is 9.10. The Morgan fingerprint density at radius 3 is 1.12 bits per heavy atom. The van der Waals surface area contributed by atoms with Crippen molar-refractivity contribution in [3.63, 3.8) is 0 Å². The number of hydrogen-bond acceptors (Lipinski definition) is 6. The van der Waals surface area contributed by atoms with Crippen molar-refractivity contribution in [1.82, 2.24) is 0 Å². The maximum Gasteiger partial charge on any atom is 2.00 e. The molecule has 0 bridgehead atoms. The molecule has 1 fully saturated rings. The van der Waals surface area contributed by atoms with Gasteiger partial charge in [0.05, 0.1) is 0 Å². The van der Waals surface area contributed by atoms with E-state index in [1.807, 2.05) is 0 Å². The minimum absolute atomic E-state index is 0. The van der Waals surface area contributed by atoms with Crippen molar-refractivity contribution in [3.8, 4) is 0 Å². The van der Waals surface area contributed by atoms with Crippen LogP contribution in [0.15, 0.2) is 0 Å². The van der Waals surface area contributed by atoms with Crippen LogP contribution in [0.2, 0.25) is 0 Å². The van der Waals surface area contributed by atoms with Gasteiger partial charge >= 0.3 is 21.1 Å². The van der Waals surface area contributed by atoms with Gasteiger partial charge in [-0.25, -0.2) is 0 Å². The zero-order valence-corrected chi connectivity index (χ0v) is 23.7. The van der Waals surface area contributed by atoms with Crippen LogP contribution in [0.3, 0.4) is 0 Å². The van der Waals surface area contributed by atoms with Gasteiger partial charge in [0.2, 0.25) is 0 Å². The van der Waals surface area contributed by atoms with Crippen LogP contribution >= 0.6 is 0 Å². The molecule has 0 unspecified atom stereocenters. The number of carbonyl (C=O) groups excluding carboxylic acids is 2. The fraction of sp³-hybridized carbons (Fsp3) is 0.923. The number of nitrogens with two attached hydrogens (primary N) is 2. The second kappa shape index (κ2) is 29.6. The van der Waals surface area contributed by atoms with Gasteiger partial charge in [0.15, 0.2) is 0 Å². The number of carboxylic acids is 2. The van der Waals surface area contributed by atoms with Gasteiger partial charge in [0, 0.05) is 24.0 Å². The molecule has 0 radical (unpaired) electrons. The van der Waals surface area contributed by atoms with Crippen molar-refractivity contribution >= 4 is 11.9 Å². The van der Waals surface area contributed by atoms with Gasteiger partial charge in [-0.15, -0.1) is 0 Å². The summed E-state index contributed by atoms with van der Waals surface area (Å²) in [6, 6.07) is 0.562. The number of rotatable bonds is 16. The van der Waals surface area contributed by atoms with E-state index in [1.165, 1.54) is 77.0 Å². The number of hydrogen-bond donors (Lipinski definition) is 2. The van der Waals surface area contributed by atoms with Crippen LogP contribution in [-0.2, 0) is 30.7 Å². The summed E-state index contributed by atoms with van der Waals surface area (Å²) in [5.41, 5.74) is 11.3. The third kappa shape index (κ3) is 33.8. The van der Waals surface area contributed by atoms with Crippen LogP contribution in [-0.4, -0.2) is 24.0 Å². The van der Waals surface area contributed by atoms with Crippen LogP contribution in [0.5, 0.6) is 0 Å². The molecule has 0 aromatic heterocycles. The van der Waals surface area contributed by atoms with E-state index in [2.05, 4.69) is 13.8 Å². The summed E-state index contributed by atoms with van der Waals surface area (Å²) in [5, 5.41) is 20.0. The Morgan fingerprint density at radius 1 is 0.606 bits per heavy atom. The average Bonchev–Trinajstić information content (AvgIpc) is 2.75. The molecule has 1 saturated carbocycles. The molecule has 33 heavy (non-hydrogen) atoms. The summed E-state index contributed by atoms with van der Waals surface area (Å²) in [6.45, 7) is 4.38. The van der Waals surface area contributed by atoms with Crippen LogP contribution in [0.1, 0.15) is 142 Å². The molecule has 0 aromatic rings. The van der Waals surface area contributed by atoms with E-state index in [0.717, 1.165) is 38.5 Å². The van der Waals surface area contributed by atoms with Crippen LogP contribution in [0.4, 0.5) is 0 Å². The molecular formula is C26H52N2O4Pt. The first-order valence-corrected chi connectivity index (χ1v) is 13.3. The van der Waals surface area contributed by atoms with E-state index in [4.69, 9.17) is 11.5 Å². The molecule has 0 aliphatic heterocycles. The van der Waals surface area contributed by atoms with E-state index in [9.17, 15) is 19.8 Å². The largest absolute Gasteiger partial charge is 2.00 e. The van der Waals surface area contributed by atoms with Crippen molar-refractivity contribution in [1.29, 1.82) is 0 Å². The summed E-state index contributed by atoms with van der Waals surface area (Å²) < 4.78 is 0. The minimum Gasteiger partial charge on any atom is -0.550 e. The molecule has 0 heterocycles. The van der Waals surface area contributed by atoms with Crippen molar-refractivity contribution in [2.24, 2.45) is 11.5 Å². The fourth-order valence-corrected chi connectivity index (χ4v) is 3.64. The molecule has 0 saturated heterocycles. The predicted molar refractivity (Wildman–Crippen MR) is 130 cm³/mol. The zero-order valence-electron chi connectivity index (χ0n) is 21.4. The maximum absolute atomic E-state index is 10.0. The Balaban J connectivity index is -0.000000410. The predicted octanol–water partition coefficient (Wildman–Crippen LogP) is 3.97. The summed E-state index contributed by atoms with van der Waals surface area (Å²) in [4.78, 5) is 20.0. The molecule has 4 N–H and O–H groups in total. The second-order valence-corrected chi connectivity index (χ2v) is 9.10. The molecule has 2 atom stereocenters. The first kappa shape index (κ1) is 37.1. The molecular weight excluding hydrogens is 599 g/mol. The fourth-order valence-electron chi connectivity index (χ4n) is 3.64. The quantitative estimate of drug-likeness (QED) is 0.243. The smallest absolute Gasteiger partial charge is 0.550 e. The Bertz CT molecular complexity index is 387. The Morgan fingerprint density at radius 2 is 0.879 bits per heavy atom.